The molecule has 1 saturated heterocycles. The van der Waals surface area contributed by atoms with Crippen molar-refractivity contribution in [3.63, 3.8) is 0 Å². The van der Waals surface area contributed by atoms with E-state index in [4.69, 9.17) is 10.5 Å². The second-order valence-electron chi connectivity index (χ2n) is 7.53. The number of halogens is 1. The van der Waals surface area contributed by atoms with Gasteiger partial charge in [0.05, 0.1) is 6.61 Å². The number of benzene rings is 2. The van der Waals surface area contributed by atoms with E-state index in [1.807, 2.05) is 31.2 Å². The molecule has 0 aliphatic carbocycles. The quantitative estimate of drug-likeness (QED) is 0.830. The van der Waals surface area contributed by atoms with Gasteiger partial charge in [-0.05, 0) is 55.7 Å². The van der Waals surface area contributed by atoms with Crippen LogP contribution in [-0.2, 0) is 4.79 Å². The van der Waals surface area contributed by atoms with Crippen molar-refractivity contribution in [2.24, 2.45) is 11.1 Å². The summed E-state index contributed by atoms with van der Waals surface area (Å²) >= 11 is 0. The minimum Gasteiger partial charge on any atom is -0.493 e. The van der Waals surface area contributed by atoms with Crippen LogP contribution >= 0.6 is 0 Å². The zero-order chi connectivity index (χ0) is 20.1. The van der Waals surface area contributed by atoms with Gasteiger partial charge in [-0.15, -0.1) is 0 Å². The Morgan fingerprint density at radius 1 is 1.18 bits per heavy atom. The first-order valence-corrected chi connectivity index (χ1v) is 9.40. The van der Waals surface area contributed by atoms with Crippen molar-refractivity contribution in [2.75, 3.05) is 19.7 Å². The number of piperidine rings is 1. The maximum atomic E-state index is 13.1. The van der Waals surface area contributed by atoms with Gasteiger partial charge in [0.1, 0.15) is 11.6 Å². The van der Waals surface area contributed by atoms with Crippen LogP contribution in [0.4, 0.5) is 4.39 Å². The molecule has 0 aromatic heterocycles. The summed E-state index contributed by atoms with van der Waals surface area (Å²) in [5.41, 5.74) is 6.53. The zero-order valence-electron chi connectivity index (χ0n) is 16.0. The predicted octanol–water partition coefficient (Wildman–Crippen LogP) is 3.31. The highest BCUT2D eigenvalue weighted by atomic mass is 19.1. The first kappa shape index (κ1) is 19.9. The van der Waals surface area contributed by atoms with Crippen molar-refractivity contribution in [2.45, 2.75) is 26.2 Å². The number of aryl methyl sites for hydroxylation is 1. The first-order valence-electron chi connectivity index (χ1n) is 9.40. The highest BCUT2D eigenvalue weighted by Crippen LogP contribution is 2.35. The molecule has 2 N–H and O–H groups in total. The van der Waals surface area contributed by atoms with Gasteiger partial charge in [0.15, 0.2) is 0 Å². The van der Waals surface area contributed by atoms with Gasteiger partial charge in [-0.1, -0.05) is 18.2 Å². The molecule has 0 bridgehead atoms. The van der Waals surface area contributed by atoms with Crippen LogP contribution in [0, 0.1) is 18.2 Å². The Bertz CT molecular complexity index is 853. The highest BCUT2D eigenvalue weighted by Gasteiger charge is 2.39. The number of carbonyl (C=O) groups is 2. The molecule has 2 amide bonds. The van der Waals surface area contributed by atoms with Crippen LogP contribution in [0.3, 0.4) is 0 Å². The van der Waals surface area contributed by atoms with Crippen LogP contribution in [0.25, 0.3) is 0 Å². The average molecular weight is 384 g/mol. The van der Waals surface area contributed by atoms with Crippen LogP contribution in [0.1, 0.15) is 35.2 Å². The molecule has 1 heterocycles. The van der Waals surface area contributed by atoms with Crippen molar-refractivity contribution in [1.29, 1.82) is 0 Å². The summed E-state index contributed by atoms with van der Waals surface area (Å²) in [6.45, 7) is 3.17. The summed E-state index contributed by atoms with van der Waals surface area (Å²) in [6, 6.07) is 13.2. The van der Waals surface area contributed by atoms with Crippen molar-refractivity contribution >= 4 is 11.8 Å². The third-order valence-electron chi connectivity index (χ3n) is 5.23. The standard InChI is InChI=1S/C22H25FN2O3/c1-16-5-2-3-6-19(16)21(27)25-12-4-11-22(14-25,13-20(24)26)15-28-18-9-7-17(23)8-10-18/h2-3,5-10H,4,11-15H2,1H3,(H2,24,26)/t22-/m1/s1. The Balaban J connectivity index is 1.77. The number of ether oxygens (including phenoxy) is 1. The largest absolute Gasteiger partial charge is 0.493 e. The molecule has 28 heavy (non-hydrogen) atoms. The normalized spacial score (nSPS) is 19.3. The minimum atomic E-state index is -0.559. The number of amides is 2. The van der Waals surface area contributed by atoms with E-state index in [1.165, 1.54) is 12.1 Å². The molecule has 1 aliphatic heterocycles. The molecule has 2 aromatic rings. The Kier molecular flexibility index (Phi) is 5.97. The van der Waals surface area contributed by atoms with Gasteiger partial charge >= 0.3 is 0 Å². The van der Waals surface area contributed by atoms with Gasteiger partial charge in [0.25, 0.3) is 5.91 Å². The predicted molar refractivity (Wildman–Crippen MR) is 104 cm³/mol. The molecule has 2 aromatic carbocycles. The molecule has 0 spiro atoms. The molecule has 0 unspecified atom stereocenters. The third kappa shape index (κ3) is 4.68. The number of carbonyl (C=O) groups excluding carboxylic acids is 2. The Hall–Kier alpha value is -2.89. The molecule has 0 radical (unpaired) electrons. The van der Waals surface area contributed by atoms with Gasteiger partial charge in [0.2, 0.25) is 5.91 Å². The van der Waals surface area contributed by atoms with Crippen LogP contribution in [0.2, 0.25) is 0 Å². The summed E-state index contributed by atoms with van der Waals surface area (Å²) < 4.78 is 19.0. The molecular formula is C22H25FN2O3. The van der Waals surface area contributed by atoms with Gasteiger partial charge in [0, 0.05) is 30.5 Å². The second-order valence-corrected chi connectivity index (χ2v) is 7.53. The molecule has 5 nitrogen and oxygen atoms in total. The SMILES string of the molecule is Cc1ccccc1C(=O)N1CCC[C@@](COc2ccc(F)cc2)(CC(N)=O)C1. The van der Waals surface area contributed by atoms with Gasteiger partial charge < -0.3 is 15.4 Å². The molecule has 3 rings (SSSR count). The van der Waals surface area contributed by atoms with Crippen molar-refractivity contribution in [3.05, 3.63) is 65.5 Å². The zero-order valence-corrected chi connectivity index (χ0v) is 16.0. The summed E-state index contributed by atoms with van der Waals surface area (Å²) in [4.78, 5) is 26.6. The summed E-state index contributed by atoms with van der Waals surface area (Å²) in [5.74, 6) is -0.291. The lowest BCUT2D eigenvalue weighted by atomic mass is 9.77. The van der Waals surface area contributed by atoms with Crippen LogP contribution < -0.4 is 10.5 Å². The van der Waals surface area contributed by atoms with E-state index in [-0.39, 0.29) is 24.8 Å². The molecular weight excluding hydrogens is 359 g/mol. The number of nitrogens with zero attached hydrogens (tertiary/aromatic N) is 1. The fourth-order valence-electron chi connectivity index (χ4n) is 3.81. The van der Waals surface area contributed by atoms with Crippen molar-refractivity contribution < 1.29 is 18.7 Å². The number of primary amides is 1. The minimum absolute atomic E-state index is 0.0478. The van der Waals surface area contributed by atoms with Gasteiger partial charge in [-0.2, -0.15) is 0 Å². The average Bonchev–Trinajstić information content (AvgIpc) is 2.67. The number of nitrogens with two attached hydrogens (primary N) is 1. The number of rotatable bonds is 6. The topological polar surface area (TPSA) is 72.6 Å². The van der Waals surface area contributed by atoms with E-state index in [0.29, 0.717) is 24.4 Å². The van der Waals surface area contributed by atoms with Crippen LogP contribution in [0.15, 0.2) is 48.5 Å². The first-order chi connectivity index (χ1) is 13.4. The summed E-state index contributed by atoms with van der Waals surface area (Å²) in [7, 11) is 0. The number of likely N-dealkylation sites (tertiary alicyclic amines) is 1. The lowest BCUT2D eigenvalue weighted by Crippen LogP contribution is -2.50. The molecule has 0 saturated carbocycles. The maximum absolute atomic E-state index is 13.1. The van der Waals surface area contributed by atoms with E-state index in [0.717, 1.165) is 18.4 Å². The fourth-order valence-corrected chi connectivity index (χ4v) is 3.81. The summed E-state index contributed by atoms with van der Waals surface area (Å²) in [5, 5.41) is 0. The Morgan fingerprint density at radius 3 is 2.57 bits per heavy atom. The van der Waals surface area contributed by atoms with E-state index in [9.17, 15) is 14.0 Å². The fraction of sp³-hybridized carbons (Fsp3) is 0.364. The lowest BCUT2D eigenvalue weighted by Gasteiger charge is -2.42. The second kappa shape index (κ2) is 8.42. The van der Waals surface area contributed by atoms with Crippen molar-refractivity contribution in [3.8, 4) is 5.75 Å². The van der Waals surface area contributed by atoms with Gasteiger partial charge in [-0.3, -0.25) is 9.59 Å². The number of hydrogen-bond donors (Lipinski definition) is 1. The Labute approximate surface area is 164 Å². The Morgan fingerprint density at radius 2 is 1.89 bits per heavy atom. The van der Waals surface area contributed by atoms with E-state index in [2.05, 4.69) is 0 Å². The smallest absolute Gasteiger partial charge is 0.254 e. The van der Waals surface area contributed by atoms with Crippen LogP contribution in [-0.4, -0.2) is 36.4 Å². The van der Waals surface area contributed by atoms with E-state index < -0.39 is 11.3 Å². The molecule has 1 atom stereocenters. The summed E-state index contributed by atoms with van der Waals surface area (Å²) in [6.07, 6.45) is 1.62. The van der Waals surface area contributed by atoms with Crippen LogP contribution in [0.5, 0.6) is 5.75 Å². The molecule has 148 valence electrons. The maximum Gasteiger partial charge on any atom is 0.254 e. The monoisotopic (exact) mass is 384 g/mol. The highest BCUT2D eigenvalue weighted by molar-refractivity contribution is 5.95. The van der Waals surface area contributed by atoms with E-state index >= 15 is 0 Å². The molecule has 1 fully saturated rings. The molecule has 6 heteroatoms. The number of hydrogen-bond acceptors (Lipinski definition) is 3. The lowest BCUT2D eigenvalue weighted by molar-refractivity contribution is -0.122. The third-order valence-corrected chi connectivity index (χ3v) is 5.23. The van der Waals surface area contributed by atoms with Crippen molar-refractivity contribution in [1.82, 2.24) is 4.90 Å². The van der Waals surface area contributed by atoms with E-state index in [1.54, 1.807) is 17.0 Å². The van der Waals surface area contributed by atoms with Gasteiger partial charge in [-0.25, -0.2) is 4.39 Å². The molecule has 1 aliphatic rings.